The first-order valence-corrected chi connectivity index (χ1v) is 4.05. The largest absolute Gasteiger partial charge is 0.466 e. The van der Waals surface area contributed by atoms with Crippen LogP contribution >= 0.6 is 0 Å². The molecule has 0 aliphatic rings. The SMILES string of the molecule is CCn1nccc1C=CC(=O)OC. The van der Waals surface area contributed by atoms with Crippen molar-refractivity contribution >= 4 is 12.0 Å². The Morgan fingerprint density at radius 1 is 1.77 bits per heavy atom. The van der Waals surface area contributed by atoms with Gasteiger partial charge >= 0.3 is 5.97 Å². The zero-order valence-corrected chi connectivity index (χ0v) is 7.73. The highest BCUT2D eigenvalue weighted by Crippen LogP contribution is 2.01. The minimum Gasteiger partial charge on any atom is -0.466 e. The Balaban J connectivity index is 2.73. The minimum absolute atomic E-state index is 0.358. The quantitative estimate of drug-likeness (QED) is 0.516. The van der Waals surface area contributed by atoms with E-state index in [9.17, 15) is 4.79 Å². The molecule has 0 saturated heterocycles. The molecule has 1 aromatic rings. The summed E-state index contributed by atoms with van der Waals surface area (Å²) in [6.07, 6.45) is 4.76. The van der Waals surface area contributed by atoms with Crippen LogP contribution in [-0.4, -0.2) is 22.9 Å². The van der Waals surface area contributed by atoms with Crippen LogP contribution < -0.4 is 0 Å². The number of hydrogen-bond acceptors (Lipinski definition) is 3. The number of aryl methyl sites for hydroxylation is 1. The van der Waals surface area contributed by atoms with E-state index < -0.39 is 0 Å². The molecule has 0 bridgehead atoms. The summed E-state index contributed by atoms with van der Waals surface area (Å²) in [5.41, 5.74) is 0.896. The Labute approximate surface area is 76.8 Å². The molecule has 4 heteroatoms. The molecule has 1 heterocycles. The maximum absolute atomic E-state index is 10.8. The Kier molecular flexibility index (Phi) is 3.25. The van der Waals surface area contributed by atoms with Crippen molar-refractivity contribution in [3.8, 4) is 0 Å². The van der Waals surface area contributed by atoms with Crippen LogP contribution in [0.2, 0.25) is 0 Å². The van der Waals surface area contributed by atoms with Crippen LogP contribution in [0.1, 0.15) is 12.6 Å². The van der Waals surface area contributed by atoms with E-state index in [4.69, 9.17) is 0 Å². The van der Waals surface area contributed by atoms with Crippen LogP contribution in [-0.2, 0) is 16.1 Å². The van der Waals surface area contributed by atoms with Crippen LogP contribution in [0.25, 0.3) is 6.08 Å². The summed E-state index contributed by atoms with van der Waals surface area (Å²) in [6.45, 7) is 2.77. The smallest absolute Gasteiger partial charge is 0.330 e. The van der Waals surface area contributed by atoms with Crippen LogP contribution in [0.4, 0.5) is 0 Å². The molecule has 0 spiro atoms. The lowest BCUT2D eigenvalue weighted by Gasteiger charge is -1.97. The summed E-state index contributed by atoms with van der Waals surface area (Å²) in [5.74, 6) is -0.358. The van der Waals surface area contributed by atoms with Gasteiger partial charge in [-0.05, 0) is 19.1 Å². The molecule has 4 nitrogen and oxygen atoms in total. The molecule has 0 unspecified atom stereocenters. The highest BCUT2D eigenvalue weighted by Gasteiger charge is 1.96. The first-order valence-electron chi connectivity index (χ1n) is 4.05. The first kappa shape index (κ1) is 9.51. The van der Waals surface area contributed by atoms with E-state index in [1.807, 2.05) is 13.0 Å². The van der Waals surface area contributed by atoms with E-state index in [-0.39, 0.29) is 5.97 Å². The highest BCUT2D eigenvalue weighted by molar-refractivity contribution is 5.86. The molecule has 1 rings (SSSR count). The van der Waals surface area contributed by atoms with Crippen molar-refractivity contribution in [1.82, 2.24) is 9.78 Å². The Morgan fingerprint density at radius 3 is 3.15 bits per heavy atom. The summed E-state index contributed by atoms with van der Waals surface area (Å²) in [6, 6.07) is 1.84. The number of carbonyl (C=O) groups is 1. The zero-order valence-electron chi connectivity index (χ0n) is 7.73. The van der Waals surface area contributed by atoms with E-state index in [2.05, 4.69) is 9.84 Å². The molecule has 0 aromatic carbocycles. The minimum atomic E-state index is -0.358. The first-order chi connectivity index (χ1) is 6.27. The van der Waals surface area contributed by atoms with Crippen LogP contribution in [0.3, 0.4) is 0 Å². The predicted molar refractivity (Wildman–Crippen MR) is 49.0 cm³/mol. The number of carbonyl (C=O) groups excluding carboxylic acids is 1. The van der Waals surface area contributed by atoms with Gasteiger partial charge in [0.1, 0.15) is 0 Å². The standard InChI is InChI=1S/C9H12N2O2/c1-3-11-8(6-7-10-11)4-5-9(12)13-2/h4-7H,3H2,1-2H3. The third-order valence-electron chi connectivity index (χ3n) is 1.64. The van der Waals surface area contributed by atoms with E-state index in [0.717, 1.165) is 12.2 Å². The zero-order chi connectivity index (χ0) is 9.68. The lowest BCUT2D eigenvalue weighted by atomic mass is 10.4. The maximum atomic E-state index is 10.8. The van der Waals surface area contributed by atoms with Gasteiger partial charge in [-0.2, -0.15) is 5.10 Å². The third-order valence-corrected chi connectivity index (χ3v) is 1.64. The van der Waals surface area contributed by atoms with Crippen LogP contribution in [0, 0.1) is 0 Å². The van der Waals surface area contributed by atoms with Crippen molar-refractivity contribution in [3.63, 3.8) is 0 Å². The fourth-order valence-corrected chi connectivity index (χ4v) is 0.970. The predicted octanol–water partition coefficient (Wildman–Crippen LogP) is 1.09. The van der Waals surface area contributed by atoms with Gasteiger partial charge in [-0.1, -0.05) is 0 Å². The van der Waals surface area contributed by atoms with E-state index in [0.29, 0.717) is 0 Å². The maximum Gasteiger partial charge on any atom is 0.330 e. The van der Waals surface area contributed by atoms with Gasteiger partial charge < -0.3 is 4.74 Å². The van der Waals surface area contributed by atoms with Gasteiger partial charge in [-0.3, -0.25) is 4.68 Å². The lowest BCUT2D eigenvalue weighted by Crippen LogP contribution is -1.99. The molecule has 0 saturated carbocycles. The molecule has 70 valence electrons. The van der Waals surface area contributed by atoms with E-state index in [1.165, 1.54) is 13.2 Å². The second-order valence-corrected chi connectivity index (χ2v) is 2.43. The monoisotopic (exact) mass is 180 g/mol. The van der Waals surface area contributed by atoms with Gasteiger partial charge in [-0.15, -0.1) is 0 Å². The number of methoxy groups -OCH3 is 1. The van der Waals surface area contributed by atoms with Crippen LogP contribution in [0.15, 0.2) is 18.3 Å². The molecule has 13 heavy (non-hydrogen) atoms. The van der Waals surface area contributed by atoms with Gasteiger partial charge in [0.15, 0.2) is 0 Å². The average molecular weight is 180 g/mol. The van der Waals surface area contributed by atoms with Crippen molar-refractivity contribution in [1.29, 1.82) is 0 Å². The van der Waals surface area contributed by atoms with Gasteiger partial charge in [0, 0.05) is 18.8 Å². The fraction of sp³-hybridized carbons (Fsp3) is 0.333. The topological polar surface area (TPSA) is 44.1 Å². The highest BCUT2D eigenvalue weighted by atomic mass is 16.5. The molecule has 0 amide bonds. The molecule has 0 N–H and O–H groups in total. The van der Waals surface area contributed by atoms with E-state index >= 15 is 0 Å². The second-order valence-electron chi connectivity index (χ2n) is 2.43. The van der Waals surface area contributed by atoms with Crippen molar-refractivity contribution in [2.45, 2.75) is 13.5 Å². The van der Waals surface area contributed by atoms with Crippen LogP contribution in [0.5, 0.6) is 0 Å². The molecule has 0 aliphatic carbocycles. The van der Waals surface area contributed by atoms with Gasteiger partial charge in [0.2, 0.25) is 0 Å². The lowest BCUT2D eigenvalue weighted by molar-refractivity contribution is -0.134. The fourth-order valence-electron chi connectivity index (χ4n) is 0.970. The number of rotatable bonds is 3. The number of ether oxygens (including phenoxy) is 1. The van der Waals surface area contributed by atoms with Gasteiger partial charge in [0.05, 0.1) is 12.8 Å². The summed E-state index contributed by atoms with van der Waals surface area (Å²) in [4.78, 5) is 10.8. The molecular formula is C9H12N2O2. The summed E-state index contributed by atoms with van der Waals surface area (Å²) < 4.78 is 6.26. The van der Waals surface area contributed by atoms with Crippen molar-refractivity contribution in [2.24, 2.45) is 0 Å². The molecule has 0 atom stereocenters. The molecule has 0 radical (unpaired) electrons. The second kappa shape index (κ2) is 4.45. The summed E-state index contributed by atoms with van der Waals surface area (Å²) >= 11 is 0. The third kappa shape index (κ3) is 2.43. The number of aromatic nitrogens is 2. The number of hydrogen-bond donors (Lipinski definition) is 0. The number of esters is 1. The molecule has 0 fully saturated rings. The average Bonchev–Trinajstić information content (AvgIpc) is 2.61. The van der Waals surface area contributed by atoms with Gasteiger partial charge in [0.25, 0.3) is 0 Å². The molecule has 0 aliphatic heterocycles. The molecular weight excluding hydrogens is 168 g/mol. The molecule has 1 aromatic heterocycles. The number of nitrogens with zero attached hydrogens (tertiary/aromatic N) is 2. The van der Waals surface area contributed by atoms with Crippen molar-refractivity contribution < 1.29 is 9.53 Å². The Bertz CT molecular complexity index is 315. The van der Waals surface area contributed by atoms with E-state index in [1.54, 1.807) is 17.0 Å². The van der Waals surface area contributed by atoms with Crippen molar-refractivity contribution in [3.05, 3.63) is 24.0 Å². The Morgan fingerprint density at radius 2 is 2.54 bits per heavy atom. The Hall–Kier alpha value is -1.58. The van der Waals surface area contributed by atoms with Crippen molar-refractivity contribution in [2.75, 3.05) is 7.11 Å². The summed E-state index contributed by atoms with van der Waals surface area (Å²) in [7, 11) is 1.35. The van der Waals surface area contributed by atoms with Gasteiger partial charge in [-0.25, -0.2) is 4.79 Å². The normalized spacial score (nSPS) is 10.6. The summed E-state index contributed by atoms with van der Waals surface area (Å²) in [5, 5.41) is 4.05.